The number of nitrogen functional groups attached to an aromatic ring is 1. The number of anilines is 1. The molecule has 0 unspecified atom stereocenters. The van der Waals surface area contributed by atoms with Gasteiger partial charge >= 0.3 is 0 Å². The summed E-state index contributed by atoms with van der Waals surface area (Å²) in [6.45, 7) is 4.29. The second-order valence-corrected chi connectivity index (χ2v) is 4.70. The summed E-state index contributed by atoms with van der Waals surface area (Å²) in [6, 6.07) is 3.32. The van der Waals surface area contributed by atoms with Crippen molar-refractivity contribution in [1.82, 2.24) is 15.2 Å². The van der Waals surface area contributed by atoms with Crippen LogP contribution in [0.2, 0.25) is 0 Å². The molecular weight excluding hydrogens is 258 g/mol. The van der Waals surface area contributed by atoms with Gasteiger partial charge in [-0.3, -0.25) is 4.79 Å². The van der Waals surface area contributed by atoms with Crippen molar-refractivity contribution in [2.75, 3.05) is 45.8 Å². The summed E-state index contributed by atoms with van der Waals surface area (Å²) in [7, 11) is 3.97. The summed E-state index contributed by atoms with van der Waals surface area (Å²) >= 11 is 0. The van der Waals surface area contributed by atoms with Gasteiger partial charge in [0.25, 0.3) is 5.91 Å². The largest absolute Gasteiger partial charge is 0.378 e. The number of hydrazine groups is 1. The number of nitrogens with one attached hydrogen (secondary N) is 2. The van der Waals surface area contributed by atoms with Gasteiger partial charge in [-0.1, -0.05) is 0 Å². The first-order valence-electron chi connectivity index (χ1n) is 6.49. The van der Waals surface area contributed by atoms with E-state index in [1.807, 2.05) is 25.9 Å². The molecule has 1 aromatic rings. The van der Waals surface area contributed by atoms with Gasteiger partial charge < -0.3 is 20.4 Å². The van der Waals surface area contributed by atoms with E-state index in [9.17, 15) is 4.79 Å². The molecule has 0 aliphatic heterocycles. The molecule has 0 aromatic carbocycles. The molecule has 1 heterocycles. The number of nitrogens with zero attached hydrogens (tertiary/aromatic N) is 2. The molecule has 4 N–H and O–H groups in total. The zero-order chi connectivity index (χ0) is 15.0. The van der Waals surface area contributed by atoms with E-state index >= 15 is 0 Å². The van der Waals surface area contributed by atoms with E-state index in [4.69, 9.17) is 10.6 Å². The van der Waals surface area contributed by atoms with Gasteiger partial charge in [0.1, 0.15) is 5.82 Å². The molecular formula is C13H23N5O2. The Morgan fingerprint density at radius 2 is 2.15 bits per heavy atom. The van der Waals surface area contributed by atoms with Gasteiger partial charge in [-0.25, -0.2) is 10.8 Å². The third-order valence-electron chi connectivity index (χ3n) is 2.58. The second-order valence-electron chi connectivity index (χ2n) is 4.70. The third kappa shape index (κ3) is 5.96. The fraction of sp³-hybridized carbons (Fsp3) is 0.538. The highest BCUT2D eigenvalue weighted by Gasteiger charge is 2.07. The van der Waals surface area contributed by atoms with Gasteiger partial charge in [0.05, 0.1) is 13.2 Å². The maximum absolute atomic E-state index is 11.9. The Kier molecular flexibility index (Phi) is 6.92. The SMILES string of the molecule is Cc1cc(C(=O)NCCOCCN(C)C)cc(NN)n1. The van der Waals surface area contributed by atoms with Crippen molar-refractivity contribution in [3.05, 3.63) is 23.4 Å². The summed E-state index contributed by atoms with van der Waals surface area (Å²) in [5.74, 6) is 5.61. The number of carbonyl (C=O) groups excluding carboxylic acids is 1. The van der Waals surface area contributed by atoms with E-state index in [1.54, 1.807) is 12.1 Å². The number of aromatic nitrogens is 1. The number of likely N-dealkylation sites (N-methyl/N-ethyl adjacent to an activating group) is 1. The maximum Gasteiger partial charge on any atom is 0.251 e. The molecule has 0 aliphatic carbocycles. The van der Waals surface area contributed by atoms with Gasteiger partial charge in [-0.2, -0.15) is 0 Å². The molecule has 1 amide bonds. The molecule has 112 valence electrons. The van der Waals surface area contributed by atoms with Gasteiger partial charge in [-0.05, 0) is 33.2 Å². The minimum atomic E-state index is -0.164. The molecule has 20 heavy (non-hydrogen) atoms. The molecule has 0 aliphatic rings. The van der Waals surface area contributed by atoms with E-state index < -0.39 is 0 Å². The number of amides is 1. The zero-order valence-corrected chi connectivity index (χ0v) is 12.3. The minimum Gasteiger partial charge on any atom is -0.378 e. The monoisotopic (exact) mass is 281 g/mol. The van der Waals surface area contributed by atoms with Crippen LogP contribution in [0.25, 0.3) is 0 Å². The van der Waals surface area contributed by atoms with Crippen LogP contribution in [0.4, 0.5) is 5.82 Å². The Morgan fingerprint density at radius 1 is 1.40 bits per heavy atom. The van der Waals surface area contributed by atoms with Crippen molar-refractivity contribution < 1.29 is 9.53 Å². The topological polar surface area (TPSA) is 92.5 Å². The zero-order valence-electron chi connectivity index (χ0n) is 12.3. The second kappa shape index (κ2) is 8.47. The van der Waals surface area contributed by atoms with Crippen LogP contribution in [0.1, 0.15) is 16.1 Å². The highest BCUT2D eigenvalue weighted by Crippen LogP contribution is 2.08. The lowest BCUT2D eigenvalue weighted by Crippen LogP contribution is -2.28. The van der Waals surface area contributed by atoms with Crippen LogP contribution in [0.3, 0.4) is 0 Å². The van der Waals surface area contributed by atoms with Crippen LogP contribution in [0, 0.1) is 6.92 Å². The summed E-state index contributed by atoms with van der Waals surface area (Å²) in [6.07, 6.45) is 0. The smallest absolute Gasteiger partial charge is 0.251 e. The Labute approximate surface area is 119 Å². The summed E-state index contributed by atoms with van der Waals surface area (Å²) in [5.41, 5.74) is 3.69. The molecule has 0 fully saturated rings. The minimum absolute atomic E-state index is 0.164. The van der Waals surface area contributed by atoms with Crippen molar-refractivity contribution in [3.8, 4) is 0 Å². The Balaban J connectivity index is 2.34. The fourth-order valence-corrected chi connectivity index (χ4v) is 1.56. The molecule has 0 saturated heterocycles. The average molecular weight is 281 g/mol. The summed E-state index contributed by atoms with van der Waals surface area (Å²) in [4.78, 5) is 18.1. The van der Waals surface area contributed by atoms with E-state index in [0.29, 0.717) is 31.1 Å². The first-order valence-corrected chi connectivity index (χ1v) is 6.49. The molecule has 1 aromatic heterocycles. The van der Waals surface area contributed by atoms with Crippen LogP contribution >= 0.6 is 0 Å². The standard InChI is InChI=1S/C13H23N5O2/c1-10-8-11(9-12(16-10)17-14)13(19)15-4-6-20-7-5-18(2)3/h8-9H,4-7,14H2,1-3H3,(H,15,19)(H,16,17). The number of aryl methyl sites for hydroxylation is 1. The maximum atomic E-state index is 11.9. The number of rotatable bonds is 8. The van der Waals surface area contributed by atoms with Crippen LogP contribution in [0.5, 0.6) is 0 Å². The van der Waals surface area contributed by atoms with Crippen molar-refractivity contribution in [2.45, 2.75) is 6.92 Å². The Hall–Kier alpha value is -1.70. The van der Waals surface area contributed by atoms with Gasteiger partial charge in [0.15, 0.2) is 0 Å². The van der Waals surface area contributed by atoms with E-state index in [-0.39, 0.29) is 5.91 Å². The number of hydrogen-bond acceptors (Lipinski definition) is 6. The quantitative estimate of drug-likeness (QED) is 0.352. The van der Waals surface area contributed by atoms with Gasteiger partial charge in [-0.15, -0.1) is 0 Å². The number of nitrogens with two attached hydrogens (primary N) is 1. The predicted molar refractivity (Wildman–Crippen MR) is 78.5 cm³/mol. The van der Waals surface area contributed by atoms with Crippen molar-refractivity contribution in [1.29, 1.82) is 0 Å². The first kappa shape index (κ1) is 16.4. The third-order valence-corrected chi connectivity index (χ3v) is 2.58. The van der Waals surface area contributed by atoms with Crippen molar-refractivity contribution >= 4 is 11.7 Å². The lowest BCUT2D eigenvalue weighted by atomic mass is 10.2. The molecule has 0 saturated carbocycles. The van der Waals surface area contributed by atoms with Crippen LogP contribution in [-0.4, -0.2) is 56.2 Å². The lowest BCUT2D eigenvalue weighted by molar-refractivity contribution is 0.0900. The number of pyridine rings is 1. The molecule has 0 spiro atoms. The van der Waals surface area contributed by atoms with E-state index in [0.717, 1.165) is 12.2 Å². The van der Waals surface area contributed by atoms with Crippen LogP contribution in [-0.2, 0) is 4.74 Å². The highest BCUT2D eigenvalue weighted by atomic mass is 16.5. The lowest BCUT2D eigenvalue weighted by Gasteiger charge is -2.10. The van der Waals surface area contributed by atoms with E-state index in [1.165, 1.54) is 0 Å². The summed E-state index contributed by atoms with van der Waals surface area (Å²) < 4.78 is 5.40. The predicted octanol–water partition coefficient (Wildman–Crippen LogP) is -0.0164. The van der Waals surface area contributed by atoms with E-state index in [2.05, 4.69) is 15.7 Å². The molecule has 7 heteroatoms. The molecule has 0 bridgehead atoms. The molecule has 1 rings (SSSR count). The van der Waals surface area contributed by atoms with Gasteiger partial charge in [0.2, 0.25) is 0 Å². The van der Waals surface area contributed by atoms with Crippen molar-refractivity contribution in [2.24, 2.45) is 5.84 Å². The molecule has 7 nitrogen and oxygen atoms in total. The number of carbonyl (C=O) groups is 1. The van der Waals surface area contributed by atoms with Crippen LogP contribution in [0.15, 0.2) is 12.1 Å². The Bertz CT molecular complexity index is 437. The first-order chi connectivity index (χ1) is 9.52. The van der Waals surface area contributed by atoms with Crippen LogP contribution < -0.4 is 16.6 Å². The summed E-state index contributed by atoms with van der Waals surface area (Å²) in [5, 5.41) is 2.79. The average Bonchev–Trinajstić information content (AvgIpc) is 2.41. The number of ether oxygens (including phenoxy) is 1. The molecule has 0 radical (unpaired) electrons. The normalized spacial score (nSPS) is 10.7. The Morgan fingerprint density at radius 3 is 2.80 bits per heavy atom. The van der Waals surface area contributed by atoms with Crippen molar-refractivity contribution in [3.63, 3.8) is 0 Å². The number of hydrogen-bond donors (Lipinski definition) is 3. The van der Waals surface area contributed by atoms with Gasteiger partial charge in [0, 0.05) is 24.3 Å². The molecule has 0 atom stereocenters. The highest BCUT2D eigenvalue weighted by molar-refractivity contribution is 5.94. The fourth-order valence-electron chi connectivity index (χ4n) is 1.56.